The maximum atomic E-state index is 11.6. The van der Waals surface area contributed by atoms with Crippen molar-refractivity contribution in [1.29, 1.82) is 0 Å². The number of rotatable bonds is 4. The molecule has 0 aromatic heterocycles. The molecule has 1 aromatic rings. The lowest BCUT2D eigenvalue weighted by Gasteiger charge is -2.54. The fourth-order valence-corrected chi connectivity index (χ4v) is 7.30. The Balaban J connectivity index is 1.61. The highest BCUT2D eigenvalue weighted by atomic mass is 16.3. The first-order valence-corrected chi connectivity index (χ1v) is 11.1. The molecule has 4 nitrogen and oxygen atoms in total. The molecule has 3 fully saturated rings. The molecule has 3 aliphatic carbocycles. The van der Waals surface area contributed by atoms with Gasteiger partial charge in [0, 0.05) is 13.2 Å². The van der Waals surface area contributed by atoms with Gasteiger partial charge in [0.2, 0.25) is 0 Å². The molecule has 28 heavy (non-hydrogen) atoms. The van der Waals surface area contributed by atoms with Gasteiger partial charge >= 0.3 is 0 Å². The molecule has 0 unspecified atom stereocenters. The fraction of sp³-hybridized carbons (Fsp3) is 0.750. The molecule has 0 saturated heterocycles. The summed E-state index contributed by atoms with van der Waals surface area (Å²) in [4.78, 5) is 0. The Morgan fingerprint density at radius 2 is 1.64 bits per heavy atom. The highest BCUT2D eigenvalue weighted by Gasteiger charge is 2.57. The van der Waals surface area contributed by atoms with Crippen LogP contribution in [0.3, 0.4) is 0 Å². The molecule has 8 atom stereocenters. The maximum absolute atomic E-state index is 11.6. The normalized spacial score (nSPS) is 46.3. The van der Waals surface area contributed by atoms with Crippen LogP contribution in [0.1, 0.15) is 57.4 Å². The van der Waals surface area contributed by atoms with E-state index in [9.17, 15) is 20.4 Å². The van der Waals surface area contributed by atoms with E-state index in [0.29, 0.717) is 18.3 Å². The zero-order valence-electron chi connectivity index (χ0n) is 17.0. The van der Waals surface area contributed by atoms with Crippen LogP contribution in [0, 0.1) is 35.0 Å². The van der Waals surface area contributed by atoms with Crippen molar-refractivity contribution in [2.75, 3.05) is 13.2 Å². The van der Waals surface area contributed by atoms with Gasteiger partial charge < -0.3 is 20.4 Å². The van der Waals surface area contributed by atoms with E-state index in [0.717, 1.165) is 44.1 Å². The summed E-state index contributed by atoms with van der Waals surface area (Å²) in [6.45, 7) is 2.52. The molecule has 0 amide bonds. The topological polar surface area (TPSA) is 80.9 Å². The van der Waals surface area contributed by atoms with Crippen molar-refractivity contribution in [2.45, 2.75) is 63.6 Å². The summed E-state index contributed by atoms with van der Waals surface area (Å²) in [7, 11) is 0. The standard InChI is InChI=1S/C24H36O4/c1-23(11-9-18(27)13-17(23)14-25)21-7-8-22-19(20(21)15-26)10-12-24(22,28)16-5-3-2-4-6-16/h2-6,17-22,25-28H,7-15H2,1H3/t17-,18+,19+,20+,21+,22+,23+,24-/m1/s1. The highest BCUT2D eigenvalue weighted by Crippen LogP contribution is 2.61. The van der Waals surface area contributed by atoms with Gasteiger partial charge in [-0.05, 0) is 85.5 Å². The van der Waals surface area contributed by atoms with Crippen molar-refractivity contribution < 1.29 is 20.4 Å². The number of aliphatic hydroxyl groups excluding tert-OH is 3. The fourth-order valence-electron chi connectivity index (χ4n) is 7.30. The SMILES string of the molecule is C[C@]1([C@H]2CC[C@H]3[C@@H](CC[C@@]3(O)c3ccccc3)[C@@H]2CO)CC[C@H](O)C[C@@H]1CO. The van der Waals surface area contributed by atoms with Crippen LogP contribution in [0.15, 0.2) is 30.3 Å². The van der Waals surface area contributed by atoms with E-state index in [1.165, 1.54) is 0 Å². The van der Waals surface area contributed by atoms with Crippen molar-refractivity contribution in [3.63, 3.8) is 0 Å². The third-order valence-corrected chi connectivity index (χ3v) is 8.90. The summed E-state index contributed by atoms with van der Waals surface area (Å²) in [5, 5.41) is 42.2. The van der Waals surface area contributed by atoms with Crippen LogP contribution >= 0.6 is 0 Å². The van der Waals surface area contributed by atoms with E-state index in [1.54, 1.807) is 0 Å². The van der Waals surface area contributed by atoms with E-state index >= 15 is 0 Å². The van der Waals surface area contributed by atoms with E-state index < -0.39 is 5.60 Å². The first-order chi connectivity index (χ1) is 13.4. The summed E-state index contributed by atoms with van der Waals surface area (Å²) in [6, 6.07) is 10.0. The number of hydrogen-bond acceptors (Lipinski definition) is 4. The second-order valence-electron chi connectivity index (χ2n) is 9.94. The molecule has 156 valence electrons. The van der Waals surface area contributed by atoms with Crippen LogP contribution in [-0.2, 0) is 5.60 Å². The van der Waals surface area contributed by atoms with Gasteiger partial charge in [-0.15, -0.1) is 0 Å². The minimum Gasteiger partial charge on any atom is -0.396 e. The Labute approximate surface area is 168 Å². The Hall–Kier alpha value is -0.940. The smallest absolute Gasteiger partial charge is 0.0927 e. The monoisotopic (exact) mass is 388 g/mol. The minimum atomic E-state index is -0.787. The van der Waals surface area contributed by atoms with Crippen molar-refractivity contribution >= 4 is 0 Å². The van der Waals surface area contributed by atoms with Crippen LogP contribution in [0.5, 0.6) is 0 Å². The number of fused-ring (bicyclic) bond motifs is 1. The molecule has 0 bridgehead atoms. The first-order valence-electron chi connectivity index (χ1n) is 11.1. The van der Waals surface area contributed by atoms with Crippen molar-refractivity contribution in [3.05, 3.63) is 35.9 Å². The van der Waals surface area contributed by atoms with Gasteiger partial charge in [0.15, 0.2) is 0 Å². The van der Waals surface area contributed by atoms with Gasteiger partial charge in [-0.1, -0.05) is 37.3 Å². The molecule has 0 spiro atoms. The van der Waals surface area contributed by atoms with Gasteiger partial charge in [0.05, 0.1) is 11.7 Å². The Morgan fingerprint density at radius 1 is 0.929 bits per heavy atom. The molecular weight excluding hydrogens is 352 g/mol. The first kappa shape index (κ1) is 20.3. The Bertz CT molecular complexity index is 664. The van der Waals surface area contributed by atoms with Crippen LogP contribution in [0.2, 0.25) is 0 Å². The van der Waals surface area contributed by atoms with E-state index in [2.05, 4.69) is 6.92 Å². The van der Waals surface area contributed by atoms with Crippen LogP contribution in [0.4, 0.5) is 0 Å². The largest absolute Gasteiger partial charge is 0.396 e. The highest BCUT2D eigenvalue weighted by molar-refractivity contribution is 5.26. The lowest BCUT2D eigenvalue weighted by atomic mass is 9.51. The van der Waals surface area contributed by atoms with Gasteiger partial charge in [0.25, 0.3) is 0 Å². The predicted molar refractivity (Wildman–Crippen MR) is 108 cm³/mol. The summed E-state index contributed by atoms with van der Waals surface area (Å²) < 4.78 is 0. The molecular formula is C24H36O4. The second-order valence-corrected chi connectivity index (χ2v) is 9.94. The van der Waals surface area contributed by atoms with Gasteiger partial charge in [-0.3, -0.25) is 0 Å². The molecule has 4 N–H and O–H groups in total. The summed E-state index contributed by atoms with van der Waals surface area (Å²) >= 11 is 0. The molecule has 1 aromatic carbocycles. The maximum Gasteiger partial charge on any atom is 0.0927 e. The average molecular weight is 389 g/mol. The molecule has 4 heteroatoms. The zero-order chi connectivity index (χ0) is 19.9. The van der Waals surface area contributed by atoms with Crippen LogP contribution < -0.4 is 0 Å². The predicted octanol–water partition coefficient (Wildman–Crippen LogP) is 3.08. The Morgan fingerprint density at radius 3 is 2.32 bits per heavy atom. The van der Waals surface area contributed by atoms with Crippen molar-refractivity contribution in [3.8, 4) is 0 Å². The second kappa shape index (κ2) is 7.71. The van der Waals surface area contributed by atoms with Crippen molar-refractivity contribution in [1.82, 2.24) is 0 Å². The van der Waals surface area contributed by atoms with Gasteiger partial charge in [-0.25, -0.2) is 0 Å². The number of benzene rings is 1. The third kappa shape index (κ3) is 3.13. The molecule has 0 heterocycles. The van der Waals surface area contributed by atoms with E-state index in [-0.39, 0.29) is 42.5 Å². The van der Waals surface area contributed by atoms with Crippen molar-refractivity contribution in [2.24, 2.45) is 35.0 Å². The third-order valence-electron chi connectivity index (χ3n) is 8.90. The number of aliphatic hydroxyl groups is 4. The van der Waals surface area contributed by atoms with E-state index in [4.69, 9.17) is 0 Å². The molecule has 0 radical (unpaired) electrons. The van der Waals surface area contributed by atoms with Gasteiger partial charge in [0.1, 0.15) is 0 Å². The minimum absolute atomic E-state index is 0.0558. The quantitative estimate of drug-likeness (QED) is 0.639. The number of hydrogen-bond donors (Lipinski definition) is 4. The zero-order valence-corrected chi connectivity index (χ0v) is 17.0. The molecule has 3 aliphatic rings. The summed E-state index contributed by atoms with van der Waals surface area (Å²) in [5.74, 6) is 1.08. The molecule has 4 rings (SSSR count). The molecule has 0 aliphatic heterocycles. The summed E-state index contributed by atoms with van der Waals surface area (Å²) in [6.07, 6.45) is 5.67. The van der Waals surface area contributed by atoms with Gasteiger partial charge in [-0.2, -0.15) is 0 Å². The Kier molecular flexibility index (Phi) is 5.60. The lowest BCUT2D eigenvalue weighted by Crippen LogP contribution is -2.51. The summed E-state index contributed by atoms with van der Waals surface area (Å²) in [5.41, 5.74) is 0.169. The van der Waals surface area contributed by atoms with Crippen LogP contribution in [0.25, 0.3) is 0 Å². The lowest BCUT2D eigenvalue weighted by molar-refractivity contribution is -0.115. The molecule has 3 saturated carbocycles. The van der Waals surface area contributed by atoms with Crippen LogP contribution in [-0.4, -0.2) is 39.7 Å². The average Bonchev–Trinajstić information content (AvgIpc) is 3.08. The van der Waals surface area contributed by atoms with E-state index in [1.807, 2.05) is 30.3 Å².